The highest BCUT2D eigenvalue weighted by atomic mass is 32.2. The molecule has 0 aromatic heterocycles. The summed E-state index contributed by atoms with van der Waals surface area (Å²) < 4.78 is 0. The van der Waals surface area contributed by atoms with Crippen LogP contribution in [0.4, 0.5) is 0 Å². The van der Waals surface area contributed by atoms with Crippen LogP contribution in [0.25, 0.3) is 0 Å². The van der Waals surface area contributed by atoms with Crippen molar-refractivity contribution in [3.05, 3.63) is 0 Å². The van der Waals surface area contributed by atoms with Crippen LogP contribution in [0, 0.1) is 0 Å². The summed E-state index contributed by atoms with van der Waals surface area (Å²) in [6.07, 6.45) is 4.09. The van der Waals surface area contributed by atoms with Gasteiger partial charge in [-0.1, -0.05) is 0 Å². The predicted octanol–water partition coefficient (Wildman–Crippen LogP) is 1.60. The maximum atomic E-state index is 11.6. The second-order valence-corrected chi connectivity index (χ2v) is 5.10. The molecule has 0 bridgehead atoms. The zero-order chi connectivity index (χ0) is 11.8. The van der Waals surface area contributed by atoms with E-state index in [4.69, 9.17) is 5.11 Å². The first-order chi connectivity index (χ1) is 7.70. The summed E-state index contributed by atoms with van der Waals surface area (Å²) >= 11 is 1.62. The van der Waals surface area contributed by atoms with Crippen LogP contribution >= 0.6 is 11.8 Å². The molecule has 4 nitrogen and oxygen atoms in total. The molecule has 1 aliphatic heterocycles. The normalized spacial score (nSPS) is 15.4. The fourth-order valence-electron chi connectivity index (χ4n) is 1.70. The van der Waals surface area contributed by atoms with Gasteiger partial charge in [0.2, 0.25) is 5.91 Å². The fourth-order valence-corrected chi connectivity index (χ4v) is 2.61. The van der Waals surface area contributed by atoms with Crippen LogP contribution in [-0.2, 0) is 9.59 Å². The molecule has 1 amide bonds. The first-order valence-electron chi connectivity index (χ1n) is 5.77. The van der Waals surface area contributed by atoms with Crippen molar-refractivity contribution in [1.82, 2.24) is 4.90 Å². The van der Waals surface area contributed by atoms with E-state index in [1.165, 1.54) is 0 Å². The van der Waals surface area contributed by atoms with Crippen LogP contribution in [-0.4, -0.2) is 46.5 Å². The molecule has 1 heterocycles. The number of nitrogens with zero attached hydrogens (tertiary/aromatic N) is 1. The summed E-state index contributed by atoms with van der Waals surface area (Å²) in [5, 5.41) is 8.43. The van der Waals surface area contributed by atoms with Crippen molar-refractivity contribution < 1.29 is 14.7 Å². The van der Waals surface area contributed by atoms with Crippen LogP contribution in [0.5, 0.6) is 0 Å². The molecule has 0 saturated carbocycles. The van der Waals surface area contributed by atoms with Gasteiger partial charge in [-0.3, -0.25) is 9.59 Å². The fraction of sp³-hybridized carbons (Fsp3) is 0.818. The van der Waals surface area contributed by atoms with E-state index in [9.17, 15) is 9.59 Å². The molecule has 0 unspecified atom stereocenters. The van der Waals surface area contributed by atoms with Gasteiger partial charge in [-0.25, -0.2) is 0 Å². The first kappa shape index (κ1) is 13.4. The van der Waals surface area contributed by atoms with Gasteiger partial charge in [0.25, 0.3) is 0 Å². The zero-order valence-corrected chi connectivity index (χ0v) is 10.3. The van der Waals surface area contributed by atoms with E-state index in [1.807, 2.05) is 4.90 Å². The van der Waals surface area contributed by atoms with Crippen molar-refractivity contribution >= 4 is 23.6 Å². The minimum absolute atomic E-state index is 0.237. The zero-order valence-electron chi connectivity index (χ0n) is 9.48. The third-order valence-corrected chi connectivity index (χ3v) is 3.64. The van der Waals surface area contributed by atoms with Gasteiger partial charge in [0.15, 0.2) is 0 Å². The number of unbranched alkanes of at least 4 members (excludes halogenated alkanes) is 1. The van der Waals surface area contributed by atoms with Crippen molar-refractivity contribution in [2.45, 2.75) is 32.1 Å². The molecular weight excluding hydrogens is 226 g/mol. The summed E-state index contributed by atoms with van der Waals surface area (Å²) in [4.78, 5) is 23.8. The topological polar surface area (TPSA) is 57.6 Å². The summed E-state index contributed by atoms with van der Waals surface area (Å²) in [5.41, 5.74) is 0. The number of likely N-dealkylation sites (tertiary alicyclic amines) is 1. The van der Waals surface area contributed by atoms with Gasteiger partial charge in [-0.05, 0) is 31.4 Å². The summed E-state index contributed by atoms with van der Waals surface area (Å²) in [7, 11) is 0. The van der Waals surface area contributed by atoms with E-state index in [-0.39, 0.29) is 12.3 Å². The molecule has 1 fully saturated rings. The second kappa shape index (κ2) is 7.54. The molecule has 16 heavy (non-hydrogen) atoms. The molecule has 92 valence electrons. The Hall–Kier alpha value is -0.710. The van der Waals surface area contributed by atoms with Crippen LogP contribution in [0.15, 0.2) is 0 Å². The lowest BCUT2D eigenvalue weighted by Gasteiger charge is -2.14. The van der Waals surface area contributed by atoms with Gasteiger partial charge in [-0.2, -0.15) is 11.8 Å². The monoisotopic (exact) mass is 245 g/mol. The highest BCUT2D eigenvalue weighted by molar-refractivity contribution is 7.99. The molecule has 1 N–H and O–H groups in total. The minimum atomic E-state index is -0.738. The minimum Gasteiger partial charge on any atom is -0.481 e. The number of hydrogen-bond donors (Lipinski definition) is 1. The summed E-state index contributed by atoms with van der Waals surface area (Å²) in [5.74, 6) is 0.929. The van der Waals surface area contributed by atoms with E-state index in [0.717, 1.165) is 38.1 Å². The molecule has 0 aliphatic carbocycles. The maximum absolute atomic E-state index is 11.6. The molecule has 1 aliphatic rings. The smallest absolute Gasteiger partial charge is 0.303 e. The van der Waals surface area contributed by atoms with Crippen molar-refractivity contribution in [1.29, 1.82) is 0 Å². The third kappa shape index (κ3) is 5.39. The SMILES string of the molecule is O=C(O)CCCCSCC(=O)N1CCCC1. The number of rotatable bonds is 7. The second-order valence-electron chi connectivity index (χ2n) is 3.99. The molecule has 0 aromatic carbocycles. The van der Waals surface area contributed by atoms with E-state index in [1.54, 1.807) is 11.8 Å². The largest absolute Gasteiger partial charge is 0.481 e. The Balaban J connectivity index is 1.94. The molecule has 0 radical (unpaired) electrons. The average molecular weight is 245 g/mol. The number of carboxylic acids is 1. The Bertz CT molecular complexity index is 239. The van der Waals surface area contributed by atoms with Crippen molar-refractivity contribution in [3.8, 4) is 0 Å². The Morgan fingerprint density at radius 3 is 2.50 bits per heavy atom. The van der Waals surface area contributed by atoms with Gasteiger partial charge in [-0.15, -0.1) is 0 Å². The molecule has 0 atom stereocenters. The lowest BCUT2D eigenvalue weighted by molar-refractivity contribution is -0.137. The van der Waals surface area contributed by atoms with E-state index < -0.39 is 5.97 Å². The Morgan fingerprint density at radius 2 is 1.88 bits per heavy atom. The molecule has 1 rings (SSSR count). The standard InChI is InChI=1S/C11H19NO3S/c13-10(12-6-2-3-7-12)9-16-8-4-1-5-11(14)15/h1-9H2,(H,14,15). The van der Waals surface area contributed by atoms with Crippen LogP contribution in [0.3, 0.4) is 0 Å². The highest BCUT2D eigenvalue weighted by Gasteiger charge is 2.16. The van der Waals surface area contributed by atoms with Crippen LogP contribution in [0.1, 0.15) is 32.1 Å². The lowest BCUT2D eigenvalue weighted by Crippen LogP contribution is -2.29. The molecule has 5 heteroatoms. The third-order valence-electron chi connectivity index (χ3n) is 2.61. The quantitative estimate of drug-likeness (QED) is 0.692. The number of amides is 1. The van der Waals surface area contributed by atoms with Gasteiger partial charge in [0.05, 0.1) is 5.75 Å². The molecule has 0 aromatic rings. The van der Waals surface area contributed by atoms with Crippen molar-refractivity contribution in [3.63, 3.8) is 0 Å². The van der Waals surface area contributed by atoms with Crippen LogP contribution < -0.4 is 0 Å². The predicted molar refractivity (Wildman–Crippen MR) is 64.6 cm³/mol. The average Bonchev–Trinajstić information content (AvgIpc) is 2.75. The molecule has 0 spiro atoms. The highest BCUT2D eigenvalue weighted by Crippen LogP contribution is 2.12. The van der Waals surface area contributed by atoms with Gasteiger partial charge in [0.1, 0.15) is 0 Å². The molecular formula is C11H19NO3S. The number of aliphatic carboxylic acids is 1. The molecule has 1 saturated heterocycles. The number of thioether (sulfide) groups is 1. The van der Waals surface area contributed by atoms with E-state index in [2.05, 4.69) is 0 Å². The number of carbonyl (C=O) groups is 2. The Morgan fingerprint density at radius 1 is 1.19 bits per heavy atom. The van der Waals surface area contributed by atoms with E-state index >= 15 is 0 Å². The summed E-state index contributed by atoms with van der Waals surface area (Å²) in [6, 6.07) is 0. The summed E-state index contributed by atoms with van der Waals surface area (Å²) in [6.45, 7) is 1.83. The number of carbonyl (C=O) groups excluding carboxylic acids is 1. The number of carboxylic acid groups (broad SMARTS) is 1. The van der Waals surface area contributed by atoms with Gasteiger partial charge < -0.3 is 10.0 Å². The van der Waals surface area contributed by atoms with Crippen molar-refractivity contribution in [2.24, 2.45) is 0 Å². The van der Waals surface area contributed by atoms with E-state index in [0.29, 0.717) is 12.2 Å². The van der Waals surface area contributed by atoms with Crippen molar-refractivity contribution in [2.75, 3.05) is 24.6 Å². The Kier molecular flexibility index (Phi) is 6.30. The van der Waals surface area contributed by atoms with Gasteiger partial charge >= 0.3 is 5.97 Å². The Labute approximate surface area is 100 Å². The number of hydrogen-bond acceptors (Lipinski definition) is 3. The maximum Gasteiger partial charge on any atom is 0.303 e. The van der Waals surface area contributed by atoms with Crippen LogP contribution in [0.2, 0.25) is 0 Å². The lowest BCUT2D eigenvalue weighted by atomic mass is 10.3. The first-order valence-corrected chi connectivity index (χ1v) is 6.93. The van der Waals surface area contributed by atoms with Gasteiger partial charge in [0, 0.05) is 19.5 Å².